The van der Waals surface area contributed by atoms with Gasteiger partial charge < -0.3 is 0 Å². The van der Waals surface area contributed by atoms with Crippen LogP contribution < -0.4 is 5.32 Å². The largest absolute Gasteiger partial charge is 0.298 e. The zero-order valence-corrected chi connectivity index (χ0v) is 21.0. The number of nitrogens with zero attached hydrogens (tertiary/aromatic N) is 3. The van der Waals surface area contributed by atoms with Crippen molar-refractivity contribution in [1.82, 2.24) is 14.9 Å². The van der Waals surface area contributed by atoms with Gasteiger partial charge in [-0.1, -0.05) is 72.3 Å². The first-order valence-corrected chi connectivity index (χ1v) is 13.0. The number of amides is 1. The topological polar surface area (TPSA) is 58.1 Å². The van der Waals surface area contributed by atoms with E-state index in [1.807, 2.05) is 60.7 Å². The van der Waals surface area contributed by atoms with Crippen LogP contribution >= 0.6 is 22.9 Å². The molecule has 0 saturated carbocycles. The second kappa shape index (κ2) is 9.82. The van der Waals surface area contributed by atoms with Crippen LogP contribution in [-0.4, -0.2) is 27.3 Å². The van der Waals surface area contributed by atoms with Crippen molar-refractivity contribution in [3.05, 3.63) is 112 Å². The number of hydrogen-bond acceptors (Lipinski definition) is 5. The molecule has 1 aliphatic heterocycles. The maximum absolute atomic E-state index is 13.5. The summed E-state index contributed by atoms with van der Waals surface area (Å²) >= 11 is 7.63. The van der Waals surface area contributed by atoms with E-state index in [2.05, 4.69) is 34.5 Å². The van der Waals surface area contributed by atoms with Crippen LogP contribution in [0, 0.1) is 0 Å². The van der Waals surface area contributed by atoms with E-state index >= 15 is 0 Å². The Morgan fingerprint density at radius 1 is 0.972 bits per heavy atom. The van der Waals surface area contributed by atoms with Crippen molar-refractivity contribution in [1.29, 1.82) is 0 Å². The van der Waals surface area contributed by atoms with Crippen molar-refractivity contribution in [2.45, 2.75) is 19.5 Å². The molecule has 1 N–H and O–H groups in total. The average Bonchev–Trinajstić information content (AvgIpc) is 3.30. The number of rotatable bonds is 5. The minimum absolute atomic E-state index is 0.184. The van der Waals surface area contributed by atoms with E-state index < -0.39 is 0 Å². The van der Waals surface area contributed by atoms with Crippen LogP contribution in [-0.2, 0) is 19.5 Å². The van der Waals surface area contributed by atoms with E-state index in [0.29, 0.717) is 15.7 Å². The van der Waals surface area contributed by atoms with Crippen LogP contribution in [0.3, 0.4) is 0 Å². The van der Waals surface area contributed by atoms with E-state index in [4.69, 9.17) is 21.6 Å². The standard InChI is InChI=1S/C29H23ClN4OS/c30-21-12-10-20(11-13-21)26-16-23(22-8-4-5-9-24(22)31-26)28(35)33-29-32-25-14-15-34(18-27(25)36-29)17-19-6-2-1-3-7-19/h1-13,16H,14-15,17-18H2,(H,32,33,35). The second-order valence-corrected chi connectivity index (χ2v) is 10.4. The lowest BCUT2D eigenvalue weighted by atomic mass is 10.0. The number of aromatic nitrogens is 2. The smallest absolute Gasteiger partial charge is 0.258 e. The molecule has 0 saturated heterocycles. The molecular formula is C29H23ClN4OS. The molecule has 6 rings (SSSR count). The summed E-state index contributed by atoms with van der Waals surface area (Å²) in [6, 6.07) is 27.5. The van der Waals surface area contributed by atoms with Gasteiger partial charge in [0.25, 0.3) is 5.91 Å². The van der Waals surface area contributed by atoms with E-state index in [9.17, 15) is 4.79 Å². The fourth-order valence-corrected chi connectivity index (χ4v) is 5.75. The molecule has 0 unspecified atom stereocenters. The molecule has 1 amide bonds. The molecule has 3 heterocycles. The van der Waals surface area contributed by atoms with Gasteiger partial charge in [0, 0.05) is 46.9 Å². The first-order valence-electron chi connectivity index (χ1n) is 11.8. The van der Waals surface area contributed by atoms with Crippen molar-refractivity contribution >= 4 is 44.9 Å². The van der Waals surface area contributed by atoms with E-state index in [1.54, 1.807) is 11.3 Å². The van der Waals surface area contributed by atoms with Gasteiger partial charge in [0.2, 0.25) is 0 Å². The normalized spacial score (nSPS) is 13.5. The Morgan fingerprint density at radius 2 is 1.75 bits per heavy atom. The molecule has 0 aliphatic carbocycles. The van der Waals surface area contributed by atoms with Crippen molar-refractivity contribution in [2.75, 3.05) is 11.9 Å². The summed E-state index contributed by atoms with van der Waals surface area (Å²) in [6.07, 6.45) is 0.882. The van der Waals surface area contributed by atoms with Gasteiger partial charge in [-0.3, -0.25) is 15.0 Å². The summed E-state index contributed by atoms with van der Waals surface area (Å²) in [5.41, 5.74) is 5.36. The molecule has 0 bridgehead atoms. The minimum Gasteiger partial charge on any atom is -0.298 e. The molecule has 2 aromatic heterocycles. The van der Waals surface area contributed by atoms with Crippen molar-refractivity contribution in [3.8, 4) is 11.3 Å². The Hall–Kier alpha value is -3.58. The highest BCUT2D eigenvalue weighted by atomic mass is 35.5. The average molecular weight is 511 g/mol. The third-order valence-corrected chi connectivity index (χ3v) is 7.63. The number of carbonyl (C=O) groups is 1. The quantitative estimate of drug-likeness (QED) is 0.282. The Morgan fingerprint density at radius 3 is 2.58 bits per heavy atom. The lowest BCUT2D eigenvalue weighted by Crippen LogP contribution is -2.29. The van der Waals surface area contributed by atoms with E-state index in [-0.39, 0.29) is 5.91 Å². The molecule has 3 aromatic carbocycles. The summed E-state index contributed by atoms with van der Waals surface area (Å²) in [6.45, 7) is 2.71. The monoisotopic (exact) mass is 510 g/mol. The number of thiazole rings is 1. The third kappa shape index (κ3) is 4.75. The third-order valence-electron chi connectivity index (χ3n) is 6.38. The number of benzene rings is 3. The molecule has 0 spiro atoms. The Balaban J connectivity index is 1.25. The lowest BCUT2D eigenvalue weighted by molar-refractivity contribution is 0.102. The highest BCUT2D eigenvalue weighted by Crippen LogP contribution is 2.31. The van der Waals surface area contributed by atoms with Gasteiger partial charge in [-0.15, -0.1) is 11.3 Å². The highest BCUT2D eigenvalue weighted by Gasteiger charge is 2.22. The molecule has 5 aromatic rings. The van der Waals surface area contributed by atoms with Crippen molar-refractivity contribution < 1.29 is 4.79 Å². The number of hydrogen-bond donors (Lipinski definition) is 1. The Kier molecular flexibility index (Phi) is 6.23. The Labute approximate surface area is 218 Å². The van der Waals surface area contributed by atoms with Gasteiger partial charge in [0.05, 0.1) is 22.5 Å². The van der Waals surface area contributed by atoms with Gasteiger partial charge >= 0.3 is 0 Å². The molecule has 0 radical (unpaired) electrons. The molecule has 5 nitrogen and oxygen atoms in total. The summed E-state index contributed by atoms with van der Waals surface area (Å²) in [7, 11) is 0. The van der Waals surface area contributed by atoms with Crippen molar-refractivity contribution in [3.63, 3.8) is 0 Å². The molecule has 0 fully saturated rings. The summed E-state index contributed by atoms with van der Waals surface area (Å²) in [5, 5.41) is 5.17. The van der Waals surface area contributed by atoms with Gasteiger partial charge in [-0.05, 0) is 29.8 Å². The van der Waals surface area contributed by atoms with Gasteiger partial charge in [-0.2, -0.15) is 0 Å². The summed E-state index contributed by atoms with van der Waals surface area (Å²) < 4.78 is 0. The first kappa shape index (κ1) is 22.9. The number of halogens is 1. The van der Waals surface area contributed by atoms with Crippen LogP contribution in [0.15, 0.2) is 84.9 Å². The fraction of sp³-hybridized carbons (Fsp3) is 0.138. The van der Waals surface area contributed by atoms with Crippen LogP contribution in [0.1, 0.15) is 26.5 Å². The minimum atomic E-state index is -0.184. The summed E-state index contributed by atoms with van der Waals surface area (Å²) in [5.74, 6) is -0.184. The highest BCUT2D eigenvalue weighted by molar-refractivity contribution is 7.15. The SMILES string of the molecule is O=C(Nc1nc2c(s1)CN(Cc1ccccc1)CC2)c1cc(-c2ccc(Cl)cc2)nc2ccccc12. The maximum Gasteiger partial charge on any atom is 0.258 e. The number of fused-ring (bicyclic) bond motifs is 2. The van der Waals surface area contributed by atoms with E-state index in [0.717, 1.165) is 53.9 Å². The zero-order chi connectivity index (χ0) is 24.5. The number of nitrogens with one attached hydrogen (secondary N) is 1. The van der Waals surface area contributed by atoms with Gasteiger partial charge in [0.1, 0.15) is 0 Å². The molecule has 7 heteroatoms. The van der Waals surface area contributed by atoms with Crippen LogP contribution in [0.4, 0.5) is 5.13 Å². The number of para-hydroxylation sites is 1. The van der Waals surface area contributed by atoms with Crippen LogP contribution in [0.2, 0.25) is 5.02 Å². The van der Waals surface area contributed by atoms with Gasteiger partial charge in [0.15, 0.2) is 5.13 Å². The Bertz CT molecular complexity index is 1550. The maximum atomic E-state index is 13.5. The molecular weight excluding hydrogens is 488 g/mol. The lowest BCUT2D eigenvalue weighted by Gasteiger charge is -2.25. The predicted molar refractivity (Wildman–Crippen MR) is 147 cm³/mol. The number of anilines is 1. The molecule has 178 valence electrons. The molecule has 36 heavy (non-hydrogen) atoms. The van der Waals surface area contributed by atoms with Crippen LogP contribution in [0.5, 0.6) is 0 Å². The van der Waals surface area contributed by atoms with Crippen molar-refractivity contribution in [2.24, 2.45) is 0 Å². The summed E-state index contributed by atoms with van der Waals surface area (Å²) in [4.78, 5) is 26.7. The molecule has 0 atom stereocenters. The molecule has 1 aliphatic rings. The predicted octanol–water partition coefficient (Wildman–Crippen LogP) is 6.82. The number of carbonyl (C=O) groups excluding carboxylic acids is 1. The van der Waals surface area contributed by atoms with Gasteiger partial charge in [-0.25, -0.2) is 9.97 Å². The zero-order valence-electron chi connectivity index (χ0n) is 19.4. The van der Waals surface area contributed by atoms with Crippen LogP contribution in [0.25, 0.3) is 22.2 Å². The first-order chi connectivity index (χ1) is 17.6. The van der Waals surface area contributed by atoms with E-state index in [1.165, 1.54) is 10.4 Å². The fourth-order valence-electron chi connectivity index (χ4n) is 4.57. The second-order valence-electron chi connectivity index (χ2n) is 8.87. The number of pyridine rings is 1.